The fourth-order valence-electron chi connectivity index (χ4n) is 2.81. The van der Waals surface area contributed by atoms with Gasteiger partial charge < -0.3 is 25.0 Å². The van der Waals surface area contributed by atoms with Crippen molar-refractivity contribution in [1.82, 2.24) is 0 Å². The molecule has 2 aliphatic heterocycles. The number of morpholine rings is 1. The predicted molar refractivity (Wildman–Crippen MR) is 81.5 cm³/mol. The van der Waals surface area contributed by atoms with E-state index in [0.29, 0.717) is 0 Å². The number of benzene rings is 1. The van der Waals surface area contributed by atoms with Crippen molar-refractivity contribution < 1.29 is 9.47 Å². The Labute approximate surface area is 120 Å². The number of rotatable bonds is 2. The first-order valence-corrected chi connectivity index (χ1v) is 7.39. The van der Waals surface area contributed by atoms with Gasteiger partial charge in [-0.3, -0.25) is 0 Å². The molecule has 2 saturated heterocycles. The molecule has 0 bridgehead atoms. The number of hydrogen-bond acceptors (Lipinski definition) is 5. The summed E-state index contributed by atoms with van der Waals surface area (Å²) >= 11 is 0. The molecule has 0 spiro atoms. The minimum Gasteiger partial charge on any atom is -0.399 e. The Kier molecular flexibility index (Phi) is 4.28. The summed E-state index contributed by atoms with van der Waals surface area (Å²) in [5, 5.41) is 0. The lowest BCUT2D eigenvalue weighted by molar-refractivity contribution is 0.122. The smallest absolute Gasteiger partial charge is 0.0642 e. The third kappa shape index (κ3) is 3.16. The van der Waals surface area contributed by atoms with Crippen LogP contribution >= 0.6 is 0 Å². The van der Waals surface area contributed by atoms with Crippen LogP contribution in [-0.2, 0) is 9.47 Å². The molecule has 2 N–H and O–H groups in total. The number of anilines is 3. The van der Waals surface area contributed by atoms with Gasteiger partial charge >= 0.3 is 0 Å². The molecule has 5 nitrogen and oxygen atoms in total. The van der Waals surface area contributed by atoms with E-state index in [9.17, 15) is 0 Å². The van der Waals surface area contributed by atoms with Gasteiger partial charge in [-0.2, -0.15) is 0 Å². The van der Waals surface area contributed by atoms with Crippen LogP contribution in [0.4, 0.5) is 17.1 Å². The van der Waals surface area contributed by atoms with Crippen LogP contribution < -0.4 is 15.5 Å². The third-order valence-corrected chi connectivity index (χ3v) is 3.89. The van der Waals surface area contributed by atoms with Crippen molar-refractivity contribution in [1.29, 1.82) is 0 Å². The number of nitrogens with zero attached hydrogens (tertiary/aromatic N) is 2. The van der Waals surface area contributed by atoms with Crippen LogP contribution in [0.25, 0.3) is 0 Å². The van der Waals surface area contributed by atoms with E-state index in [1.165, 1.54) is 11.4 Å². The zero-order valence-corrected chi connectivity index (χ0v) is 11.9. The van der Waals surface area contributed by atoms with Crippen molar-refractivity contribution >= 4 is 17.1 Å². The van der Waals surface area contributed by atoms with Gasteiger partial charge in [0.05, 0.1) is 19.8 Å². The van der Waals surface area contributed by atoms with Crippen LogP contribution in [0.15, 0.2) is 18.2 Å². The van der Waals surface area contributed by atoms with E-state index in [0.717, 1.165) is 64.7 Å². The van der Waals surface area contributed by atoms with Gasteiger partial charge in [0.1, 0.15) is 0 Å². The molecule has 2 heterocycles. The lowest BCUT2D eigenvalue weighted by atomic mass is 10.2. The average molecular weight is 277 g/mol. The van der Waals surface area contributed by atoms with E-state index in [-0.39, 0.29) is 0 Å². The molecule has 3 rings (SSSR count). The third-order valence-electron chi connectivity index (χ3n) is 3.89. The maximum Gasteiger partial charge on any atom is 0.0642 e. The van der Waals surface area contributed by atoms with E-state index >= 15 is 0 Å². The highest BCUT2D eigenvalue weighted by atomic mass is 16.5. The molecule has 0 aromatic heterocycles. The van der Waals surface area contributed by atoms with Crippen LogP contribution in [0.2, 0.25) is 0 Å². The first kappa shape index (κ1) is 13.5. The molecule has 0 radical (unpaired) electrons. The Morgan fingerprint density at radius 1 is 0.750 bits per heavy atom. The SMILES string of the molecule is Nc1cc(N2CCCOCC2)cc(N2CCOCC2)c1. The van der Waals surface area contributed by atoms with E-state index in [2.05, 4.69) is 28.0 Å². The number of nitrogens with two attached hydrogens (primary N) is 1. The van der Waals surface area contributed by atoms with Crippen molar-refractivity contribution in [3.8, 4) is 0 Å². The standard InChI is InChI=1S/C15H23N3O2/c16-13-10-14(17-2-1-6-19-7-3-17)12-15(11-13)18-4-8-20-9-5-18/h10-12H,1-9,16H2. The van der Waals surface area contributed by atoms with E-state index in [4.69, 9.17) is 15.2 Å². The summed E-state index contributed by atoms with van der Waals surface area (Å²) in [6, 6.07) is 6.37. The van der Waals surface area contributed by atoms with Gasteiger partial charge in [0, 0.05) is 49.8 Å². The zero-order valence-electron chi connectivity index (χ0n) is 11.9. The first-order valence-electron chi connectivity index (χ1n) is 7.39. The van der Waals surface area contributed by atoms with Gasteiger partial charge in [-0.1, -0.05) is 0 Å². The van der Waals surface area contributed by atoms with Crippen molar-refractivity contribution in [2.45, 2.75) is 6.42 Å². The van der Waals surface area contributed by atoms with Gasteiger partial charge in [-0.25, -0.2) is 0 Å². The molecule has 1 aromatic carbocycles. The minimum atomic E-state index is 0.793. The second-order valence-electron chi connectivity index (χ2n) is 5.34. The van der Waals surface area contributed by atoms with Gasteiger partial charge in [0.25, 0.3) is 0 Å². The quantitative estimate of drug-likeness (QED) is 0.827. The number of ether oxygens (including phenoxy) is 2. The molecular formula is C15H23N3O2. The summed E-state index contributed by atoms with van der Waals surface area (Å²) in [5.74, 6) is 0. The monoisotopic (exact) mass is 277 g/mol. The largest absolute Gasteiger partial charge is 0.399 e. The summed E-state index contributed by atoms with van der Waals surface area (Å²) in [6.45, 7) is 7.08. The highest BCUT2D eigenvalue weighted by Crippen LogP contribution is 2.27. The summed E-state index contributed by atoms with van der Waals surface area (Å²) in [5.41, 5.74) is 9.33. The van der Waals surface area contributed by atoms with E-state index in [1.54, 1.807) is 0 Å². The van der Waals surface area contributed by atoms with Gasteiger partial charge in [0.15, 0.2) is 0 Å². The summed E-state index contributed by atoms with van der Waals surface area (Å²) in [7, 11) is 0. The Balaban J connectivity index is 1.81. The number of nitrogen functional groups attached to an aromatic ring is 1. The van der Waals surface area contributed by atoms with Crippen LogP contribution in [0.1, 0.15) is 6.42 Å². The highest BCUT2D eigenvalue weighted by molar-refractivity contribution is 5.67. The van der Waals surface area contributed by atoms with E-state index in [1.807, 2.05) is 0 Å². The second-order valence-corrected chi connectivity index (χ2v) is 5.34. The topological polar surface area (TPSA) is 51.0 Å². The molecule has 0 aliphatic carbocycles. The van der Waals surface area contributed by atoms with Crippen molar-refractivity contribution in [3.63, 3.8) is 0 Å². The maximum absolute atomic E-state index is 6.10. The zero-order chi connectivity index (χ0) is 13.8. The molecule has 2 fully saturated rings. The van der Waals surface area contributed by atoms with Crippen LogP contribution in [0, 0.1) is 0 Å². The molecule has 1 aromatic rings. The molecule has 0 saturated carbocycles. The molecule has 2 aliphatic rings. The lowest BCUT2D eigenvalue weighted by Crippen LogP contribution is -2.36. The van der Waals surface area contributed by atoms with Crippen molar-refractivity contribution in [2.24, 2.45) is 0 Å². The Hall–Kier alpha value is -1.46. The molecule has 110 valence electrons. The first-order chi connectivity index (χ1) is 9.83. The van der Waals surface area contributed by atoms with Crippen LogP contribution in [0.3, 0.4) is 0 Å². The number of hydrogen-bond donors (Lipinski definition) is 1. The predicted octanol–water partition coefficient (Wildman–Crippen LogP) is 1.33. The fourth-order valence-corrected chi connectivity index (χ4v) is 2.81. The normalized spacial score (nSPS) is 20.8. The van der Waals surface area contributed by atoms with Gasteiger partial charge in [-0.05, 0) is 24.6 Å². The molecule has 5 heteroatoms. The minimum absolute atomic E-state index is 0.793. The molecule has 20 heavy (non-hydrogen) atoms. The molecular weight excluding hydrogens is 254 g/mol. The summed E-state index contributed by atoms with van der Waals surface area (Å²) in [6.07, 6.45) is 1.07. The van der Waals surface area contributed by atoms with Gasteiger partial charge in [0.2, 0.25) is 0 Å². The summed E-state index contributed by atoms with van der Waals surface area (Å²) < 4.78 is 10.9. The Morgan fingerprint density at radius 2 is 1.30 bits per heavy atom. The van der Waals surface area contributed by atoms with Crippen LogP contribution in [-0.4, -0.2) is 52.6 Å². The fraction of sp³-hybridized carbons (Fsp3) is 0.600. The average Bonchev–Trinajstić information content (AvgIpc) is 2.77. The molecule has 0 unspecified atom stereocenters. The summed E-state index contributed by atoms with van der Waals surface area (Å²) in [4.78, 5) is 4.71. The Bertz CT molecular complexity index is 439. The highest BCUT2D eigenvalue weighted by Gasteiger charge is 2.15. The van der Waals surface area contributed by atoms with Crippen molar-refractivity contribution in [2.75, 3.05) is 68.1 Å². The van der Waals surface area contributed by atoms with Crippen molar-refractivity contribution in [3.05, 3.63) is 18.2 Å². The second kappa shape index (κ2) is 6.33. The van der Waals surface area contributed by atoms with Gasteiger partial charge in [-0.15, -0.1) is 0 Å². The maximum atomic E-state index is 6.10. The van der Waals surface area contributed by atoms with E-state index < -0.39 is 0 Å². The van der Waals surface area contributed by atoms with Crippen LogP contribution in [0.5, 0.6) is 0 Å². The molecule has 0 atom stereocenters. The molecule has 0 amide bonds. The lowest BCUT2D eigenvalue weighted by Gasteiger charge is -2.31. The Morgan fingerprint density at radius 3 is 1.95 bits per heavy atom.